The zero-order valence-electron chi connectivity index (χ0n) is 8.81. The highest BCUT2D eigenvalue weighted by Crippen LogP contribution is 2.43. The number of aliphatic hydroxyl groups is 2. The maximum Gasteiger partial charge on any atom is 0.178 e. The van der Waals surface area contributed by atoms with Crippen molar-refractivity contribution in [2.24, 2.45) is 5.11 Å². The number of nitrogens with zero attached hydrogens (tertiary/aromatic N) is 3. The molecular weight excluding hydrogens is 246 g/mol. The summed E-state index contributed by atoms with van der Waals surface area (Å²) in [6.45, 7) is 0.696. The molecule has 92 valence electrons. The van der Waals surface area contributed by atoms with Gasteiger partial charge in [-0.05, 0) is 5.53 Å². The molecule has 0 aromatic carbocycles. The van der Waals surface area contributed by atoms with Gasteiger partial charge in [0, 0.05) is 10.3 Å². The molecule has 1 aliphatic heterocycles. The molecule has 0 bridgehead atoms. The Kier molecular flexibility index (Phi) is 3.70. The lowest BCUT2D eigenvalue weighted by Gasteiger charge is -2.19. The standard InChI is InChI=1S/C9H11N3O4S/c10-12-11-3-5(13)7(14)9-8-6(4-17-9)15-1-2-16-8/h4-5,7,13-14H,1-3H2. The van der Waals surface area contributed by atoms with Gasteiger partial charge >= 0.3 is 0 Å². The topological polar surface area (TPSA) is 108 Å². The van der Waals surface area contributed by atoms with E-state index >= 15 is 0 Å². The maximum absolute atomic E-state index is 9.90. The first-order chi connectivity index (χ1) is 8.24. The third-order valence-electron chi connectivity index (χ3n) is 2.29. The van der Waals surface area contributed by atoms with E-state index in [1.54, 1.807) is 5.38 Å². The van der Waals surface area contributed by atoms with Crippen LogP contribution in [0.3, 0.4) is 0 Å². The van der Waals surface area contributed by atoms with Crippen LogP contribution in [0.5, 0.6) is 11.5 Å². The summed E-state index contributed by atoms with van der Waals surface area (Å²) in [5, 5.41) is 24.5. The summed E-state index contributed by atoms with van der Waals surface area (Å²) in [4.78, 5) is 3.01. The predicted octanol–water partition coefficient (Wildman–Crippen LogP) is 1.22. The number of rotatable bonds is 4. The first-order valence-corrected chi connectivity index (χ1v) is 5.86. The molecule has 1 aromatic heterocycles. The lowest BCUT2D eigenvalue weighted by atomic mass is 10.1. The first kappa shape index (κ1) is 12.0. The summed E-state index contributed by atoms with van der Waals surface area (Å²) in [6, 6.07) is 0. The van der Waals surface area contributed by atoms with Crippen molar-refractivity contribution in [2.75, 3.05) is 19.8 Å². The summed E-state index contributed by atoms with van der Waals surface area (Å²) < 4.78 is 10.7. The zero-order chi connectivity index (χ0) is 12.3. The molecule has 0 spiro atoms. The van der Waals surface area contributed by atoms with Crippen LogP contribution in [0.4, 0.5) is 0 Å². The number of hydrogen-bond donors (Lipinski definition) is 2. The van der Waals surface area contributed by atoms with Gasteiger partial charge in [-0.25, -0.2) is 0 Å². The van der Waals surface area contributed by atoms with Crippen molar-refractivity contribution in [2.45, 2.75) is 12.2 Å². The van der Waals surface area contributed by atoms with E-state index in [0.29, 0.717) is 29.6 Å². The Balaban J connectivity index is 2.16. The van der Waals surface area contributed by atoms with Crippen molar-refractivity contribution in [1.29, 1.82) is 0 Å². The van der Waals surface area contributed by atoms with Crippen molar-refractivity contribution in [3.05, 3.63) is 20.7 Å². The Labute approximate surface area is 101 Å². The van der Waals surface area contributed by atoms with Crippen LogP contribution in [-0.2, 0) is 0 Å². The molecule has 0 radical (unpaired) electrons. The molecule has 0 saturated heterocycles. The van der Waals surface area contributed by atoms with Crippen LogP contribution in [0, 0.1) is 0 Å². The number of azide groups is 1. The Morgan fingerprint density at radius 3 is 3.00 bits per heavy atom. The molecule has 7 nitrogen and oxygen atoms in total. The fourth-order valence-electron chi connectivity index (χ4n) is 1.48. The second-order valence-electron chi connectivity index (χ2n) is 3.42. The van der Waals surface area contributed by atoms with Gasteiger partial charge in [-0.3, -0.25) is 0 Å². The minimum atomic E-state index is -1.15. The van der Waals surface area contributed by atoms with Crippen LogP contribution in [0.25, 0.3) is 10.4 Å². The van der Waals surface area contributed by atoms with Crippen LogP contribution >= 0.6 is 11.3 Å². The Bertz CT molecular complexity index is 443. The number of ether oxygens (including phenoxy) is 2. The molecule has 2 unspecified atom stereocenters. The van der Waals surface area contributed by atoms with Crippen molar-refractivity contribution < 1.29 is 19.7 Å². The lowest BCUT2D eigenvalue weighted by molar-refractivity contribution is 0.0239. The fraction of sp³-hybridized carbons (Fsp3) is 0.556. The minimum Gasteiger partial charge on any atom is -0.485 e. The fourth-order valence-corrected chi connectivity index (χ4v) is 2.45. The second kappa shape index (κ2) is 5.24. The average Bonchev–Trinajstić information content (AvgIpc) is 2.78. The summed E-state index contributed by atoms with van der Waals surface area (Å²) in [7, 11) is 0. The van der Waals surface area contributed by atoms with Crippen LogP contribution in [-0.4, -0.2) is 36.1 Å². The highest BCUT2D eigenvalue weighted by Gasteiger charge is 2.27. The van der Waals surface area contributed by atoms with Crippen molar-refractivity contribution in [3.8, 4) is 11.5 Å². The molecule has 1 aromatic rings. The normalized spacial score (nSPS) is 17.1. The molecule has 1 aliphatic rings. The van der Waals surface area contributed by atoms with E-state index in [2.05, 4.69) is 10.0 Å². The number of aliphatic hydroxyl groups excluding tert-OH is 2. The zero-order valence-corrected chi connectivity index (χ0v) is 9.63. The molecule has 8 heteroatoms. The largest absolute Gasteiger partial charge is 0.485 e. The molecular formula is C9H11N3O4S. The van der Waals surface area contributed by atoms with E-state index < -0.39 is 12.2 Å². The number of hydrogen-bond acceptors (Lipinski definition) is 6. The molecule has 0 amide bonds. The van der Waals surface area contributed by atoms with Gasteiger partial charge in [0.05, 0.1) is 17.5 Å². The van der Waals surface area contributed by atoms with Gasteiger partial charge in [-0.2, -0.15) is 0 Å². The molecule has 2 atom stereocenters. The van der Waals surface area contributed by atoms with Gasteiger partial charge in [0.2, 0.25) is 0 Å². The van der Waals surface area contributed by atoms with Gasteiger partial charge in [-0.15, -0.1) is 11.3 Å². The van der Waals surface area contributed by atoms with Crippen LogP contribution in [0.2, 0.25) is 0 Å². The summed E-state index contributed by atoms with van der Waals surface area (Å²) >= 11 is 1.24. The van der Waals surface area contributed by atoms with Gasteiger partial charge in [0.15, 0.2) is 11.5 Å². The maximum atomic E-state index is 9.90. The predicted molar refractivity (Wildman–Crippen MR) is 60.3 cm³/mol. The van der Waals surface area contributed by atoms with E-state index in [9.17, 15) is 10.2 Å². The molecule has 2 rings (SSSR count). The van der Waals surface area contributed by atoms with Crippen molar-refractivity contribution in [3.63, 3.8) is 0 Å². The number of fused-ring (bicyclic) bond motifs is 1. The quantitative estimate of drug-likeness (QED) is 0.480. The smallest absolute Gasteiger partial charge is 0.178 e. The van der Waals surface area contributed by atoms with Gasteiger partial charge < -0.3 is 19.7 Å². The average molecular weight is 257 g/mol. The van der Waals surface area contributed by atoms with Gasteiger partial charge in [-0.1, -0.05) is 5.11 Å². The van der Waals surface area contributed by atoms with Crippen molar-refractivity contribution in [1.82, 2.24) is 0 Å². The molecule has 0 fully saturated rings. The molecule has 2 heterocycles. The molecule has 2 N–H and O–H groups in total. The van der Waals surface area contributed by atoms with Gasteiger partial charge in [0.25, 0.3) is 0 Å². The SMILES string of the molecule is [N-]=[N+]=NCC(O)C(O)c1scc2c1OCCO2. The minimum absolute atomic E-state index is 0.189. The van der Waals surface area contributed by atoms with E-state index in [4.69, 9.17) is 15.0 Å². The van der Waals surface area contributed by atoms with Crippen molar-refractivity contribution >= 4 is 11.3 Å². The third-order valence-corrected chi connectivity index (χ3v) is 3.31. The monoisotopic (exact) mass is 257 g/mol. The van der Waals surface area contributed by atoms with Crippen LogP contribution in [0.1, 0.15) is 11.0 Å². The summed E-state index contributed by atoms with van der Waals surface area (Å²) in [5.74, 6) is 1.04. The Morgan fingerprint density at radius 1 is 1.47 bits per heavy atom. The molecule has 0 aliphatic carbocycles. The highest BCUT2D eigenvalue weighted by molar-refractivity contribution is 7.10. The van der Waals surface area contributed by atoms with Gasteiger partial charge in [0.1, 0.15) is 19.3 Å². The highest BCUT2D eigenvalue weighted by atomic mass is 32.1. The summed E-state index contributed by atoms with van der Waals surface area (Å²) in [5.41, 5.74) is 8.14. The van der Waals surface area contributed by atoms with Crippen LogP contribution < -0.4 is 9.47 Å². The van der Waals surface area contributed by atoms with E-state index in [0.717, 1.165) is 0 Å². The second-order valence-corrected chi connectivity index (χ2v) is 4.33. The summed E-state index contributed by atoms with van der Waals surface area (Å²) in [6.07, 6.45) is -2.30. The first-order valence-electron chi connectivity index (χ1n) is 4.98. The lowest BCUT2D eigenvalue weighted by Crippen LogP contribution is -2.22. The van der Waals surface area contributed by atoms with E-state index in [-0.39, 0.29) is 6.54 Å². The van der Waals surface area contributed by atoms with E-state index in [1.807, 2.05) is 0 Å². The Hall–Kier alpha value is -1.47. The Morgan fingerprint density at radius 2 is 2.24 bits per heavy atom. The van der Waals surface area contributed by atoms with Crippen LogP contribution in [0.15, 0.2) is 10.5 Å². The molecule has 0 saturated carbocycles. The number of thiophene rings is 1. The van der Waals surface area contributed by atoms with E-state index in [1.165, 1.54) is 11.3 Å². The third kappa shape index (κ3) is 2.45. The molecule has 17 heavy (non-hydrogen) atoms.